The first-order chi connectivity index (χ1) is 8.08. The number of halogens is 1. The van der Waals surface area contributed by atoms with Crippen molar-refractivity contribution in [2.24, 2.45) is 5.92 Å². The number of rotatable bonds is 2. The van der Waals surface area contributed by atoms with Crippen molar-refractivity contribution >= 4 is 5.69 Å². The fraction of sp³-hybridized carbons (Fsp3) is 0.571. The lowest BCUT2D eigenvalue weighted by Crippen LogP contribution is -2.48. The van der Waals surface area contributed by atoms with E-state index in [4.69, 9.17) is 0 Å². The van der Waals surface area contributed by atoms with Gasteiger partial charge < -0.3 is 10.2 Å². The largest absolute Gasteiger partial charge is 0.380 e. The van der Waals surface area contributed by atoms with Gasteiger partial charge in [0.2, 0.25) is 0 Å². The maximum atomic E-state index is 13.6. The molecule has 1 aromatic rings. The van der Waals surface area contributed by atoms with Gasteiger partial charge >= 0.3 is 0 Å². The van der Waals surface area contributed by atoms with Crippen molar-refractivity contribution in [3.05, 3.63) is 30.1 Å². The molecule has 0 aliphatic carbocycles. The number of anilines is 1. The smallest absolute Gasteiger partial charge is 0.146 e. The van der Waals surface area contributed by atoms with Gasteiger partial charge in [-0.1, -0.05) is 19.1 Å². The Bertz CT molecular complexity index is 380. The molecule has 2 nitrogen and oxygen atoms in total. The van der Waals surface area contributed by atoms with Crippen LogP contribution in [-0.4, -0.2) is 30.6 Å². The lowest BCUT2D eigenvalue weighted by molar-refractivity contribution is 0.145. The van der Waals surface area contributed by atoms with E-state index in [-0.39, 0.29) is 5.82 Å². The molecular weight excluding hydrogens is 215 g/mol. The molecule has 0 spiro atoms. The lowest BCUT2D eigenvalue weighted by atomic mass is 9.89. The van der Waals surface area contributed by atoms with E-state index in [0.717, 1.165) is 13.0 Å². The normalized spacial score (nSPS) is 30.2. The molecule has 3 unspecified atom stereocenters. The molecule has 1 fully saturated rings. The number of hydrogen-bond acceptors (Lipinski definition) is 2. The second-order valence-corrected chi connectivity index (χ2v) is 5.23. The van der Waals surface area contributed by atoms with E-state index < -0.39 is 0 Å². The Balaban J connectivity index is 2.06. The summed E-state index contributed by atoms with van der Waals surface area (Å²) in [6.45, 7) is 5.51. The monoisotopic (exact) mass is 236 g/mol. The molecule has 3 atom stereocenters. The first-order valence-electron chi connectivity index (χ1n) is 6.29. The van der Waals surface area contributed by atoms with Crippen LogP contribution in [0, 0.1) is 11.7 Å². The average Bonchev–Trinajstić information content (AvgIpc) is 2.29. The molecule has 1 aliphatic rings. The second-order valence-electron chi connectivity index (χ2n) is 5.23. The van der Waals surface area contributed by atoms with Crippen molar-refractivity contribution in [2.75, 3.05) is 18.9 Å². The topological polar surface area (TPSA) is 15.3 Å². The number of para-hydroxylation sites is 1. The van der Waals surface area contributed by atoms with E-state index >= 15 is 0 Å². The molecule has 1 saturated heterocycles. The molecule has 94 valence electrons. The first kappa shape index (κ1) is 12.4. The third-order valence-electron chi connectivity index (χ3n) is 3.83. The van der Waals surface area contributed by atoms with Gasteiger partial charge in [0.15, 0.2) is 0 Å². The van der Waals surface area contributed by atoms with Gasteiger partial charge in [-0.2, -0.15) is 0 Å². The number of likely N-dealkylation sites (tertiary alicyclic amines) is 1. The summed E-state index contributed by atoms with van der Waals surface area (Å²) >= 11 is 0. The van der Waals surface area contributed by atoms with Crippen LogP contribution in [0.1, 0.15) is 20.3 Å². The van der Waals surface area contributed by atoms with Gasteiger partial charge in [-0.15, -0.1) is 0 Å². The van der Waals surface area contributed by atoms with E-state index in [0.29, 0.717) is 23.7 Å². The van der Waals surface area contributed by atoms with Crippen molar-refractivity contribution in [3.63, 3.8) is 0 Å². The van der Waals surface area contributed by atoms with Gasteiger partial charge in [-0.25, -0.2) is 4.39 Å². The highest BCUT2D eigenvalue weighted by molar-refractivity contribution is 5.45. The van der Waals surface area contributed by atoms with Gasteiger partial charge in [-0.3, -0.25) is 0 Å². The van der Waals surface area contributed by atoms with Crippen LogP contribution in [0.25, 0.3) is 0 Å². The number of hydrogen-bond donors (Lipinski definition) is 1. The highest BCUT2D eigenvalue weighted by atomic mass is 19.1. The van der Waals surface area contributed by atoms with Crippen molar-refractivity contribution < 1.29 is 4.39 Å². The van der Waals surface area contributed by atoms with E-state index in [1.54, 1.807) is 6.07 Å². The highest BCUT2D eigenvalue weighted by Gasteiger charge is 2.29. The average molecular weight is 236 g/mol. The van der Waals surface area contributed by atoms with Crippen LogP contribution in [0.3, 0.4) is 0 Å². The van der Waals surface area contributed by atoms with Crippen molar-refractivity contribution in [3.8, 4) is 0 Å². The van der Waals surface area contributed by atoms with Gasteiger partial charge in [0.1, 0.15) is 5.82 Å². The zero-order valence-corrected chi connectivity index (χ0v) is 10.8. The Kier molecular flexibility index (Phi) is 3.67. The third-order valence-corrected chi connectivity index (χ3v) is 3.83. The molecule has 1 aliphatic heterocycles. The summed E-state index contributed by atoms with van der Waals surface area (Å²) in [5, 5.41) is 3.35. The van der Waals surface area contributed by atoms with Crippen molar-refractivity contribution in [1.29, 1.82) is 0 Å². The Hall–Kier alpha value is -1.09. The van der Waals surface area contributed by atoms with Crippen LogP contribution >= 0.6 is 0 Å². The summed E-state index contributed by atoms with van der Waals surface area (Å²) in [5.41, 5.74) is 0.626. The van der Waals surface area contributed by atoms with Crippen molar-refractivity contribution in [2.45, 2.75) is 32.4 Å². The first-order valence-corrected chi connectivity index (χ1v) is 6.29. The van der Waals surface area contributed by atoms with Crippen LogP contribution in [-0.2, 0) is 0 Å². The van der Waals surface area contributed by atoms with Crippen LogP contribution < -0.4 is 5.32 Å². The van der Waals surface area contributed by atoms with Crippen LogP contribution in [0.4, 0.5) is 10.1 Å². The molecule has 0 bridgehead atoms. The Morgan fingerprint density at radius 1 is 1.29 bits per heavy atom. The minimum absolute atomic E-state index is 0.161. The number of benzene rings is 1. The molecule has 0 aromatic heterocycles. The summed E-state index contributed by atoms with van der Waals surface area (Å²) in [7, 11) is 2.15. The molecule has 1 N–H and O–H groups in total. The van der Waals surface area contributed by atoms with Gasteiger partial charge in [-0.05, 0) is 38.4 Å². The molecular formula is C14H21FN2. The molecule has 2 rings (SSSR count). The van der Waals surface area contributed by atoms with Gasteiger partial charge in [0.25, 0.3) is 0 Å². The zero-order chi connectivity index (χ0) is 12.4. The Morgan fingerprint density at radius 3 is 2.71 bits per heavy atom. The summed E-state index contributed by atoms with van der Waals surface area (Å²) < 4.78 is 13.6. The van der Waals surface area contributed by atoms with E-state index in [9.17, 15) is 4.39 Å². The van der Waals surface area contributed by atoms with Crippen LogP contribution in [0.2, 0.25) is 0 Å². The SMILES string of the molecule is CC1CN(C)C(C)CC1Nc1ccccc1F. The summed E-state index contributed by atoms with van der Waals surface area (Å²) in [6, 6.07) is 7.82. The minimum atomic E-state index is -0.161. The maximum Gasteiger partial charge on any atom is 0.146 e. The highest BCUT2D eigenvalue weighted by Crippen LogP contribution is 2.25. The van der Waals surface area contributed by atoms with E-state index in [1.165, 1.54) is 6.07 Å². The summed E-state index contributed by atoms with van der Waals surface area (Å²) in [4.78, 5) is 2.37. The minimum Gasteiger partial charge on any atom is -0.380 e. The lowest BCUT2D eigenvalue weighted by Gasteiger charge is -2.40. The molecule has 1 aromatic carbocycles. The Morgan fingerprint density at radius 2 is 2.00 bits per heavy atom. The predicted octanol–water partition coefficient (Wildman–Crippen LogP) is 2.97. The standard InChI is InChI=1S/C14H21FN2/c1-10-9-17(3)11(2)8-14(10)16-13-7-5-4-6-12(13)15/h4-7,10-11,14,16H,8-9H2,1-3H3. The predicted molar refractivity (Wildman–Crippen MR) is 69.7 cm³/mol. The van der Waals surface area contributed by atoms with Gasteiger partial charge in [0.05, 0.1) is 5.69 Å². The molecule has 1 heterocycles. The fourth-order valence-electron chi connectivity index (χ4n) is 2.52. The second kappa shape index (κ2) is 5.05. The maximum absolute atomic E-state index is 13.6. The quantitative estimate of drug-likeness (QED) is 0.849. The molecule has 0 saturated carbocycles. The van der Waals surface area contributed by atoms with Crippen LogP contribution in [0.15, 0.2) is 24.3 Å². The fourth-order valence-corrected chi connectivity index (χ4v) is 2.52. The number of nitrogens with zero attached hydrogens (tertiary/aromatic N) is 1. The third kappa shape index (κ3) is 2.78. The van der Waals surface area contributed by atoms with E-state index in [1.807, 2.05) is 12.1 Å². The summed E-state index contributed by atoms with van der Waals surface area (Å²) in [5.74, 6) is 0.377. The Labute approximate surface area is 103 Å². The van der Waals surface area contributed by atoms with Crippen molar-refractivity contribution in [1.82, 2.24) is 4.90 Å². The van der Waals surface area contributed by atoms with E-state index in [2.05, 4.69) is 31.1 Å². The number of nitrogens with one attached hydrogen (secondary N) is 1. The summed E-state index contributed by atoms with van der Waals surface area (Å²) in [6.07, 6.45) is 1.06. The molecule has 0 radical (unpaired) electrons. The number of piperidine rings is 1. The zero-order valence-electron chi connectivity index (χ0n) is 10.8. The molecule has 0 amide bonds. The van der Waals surface area contributed by atoms with Gasteiger partial charge in [0, 0.05) is 18.6 Å². The molecule has 3 heteroatoms. The molecule has 17 heavy (non-hydrogen) atoms. The van der Waals surface area contributed by atoms with Crippen LogP contribution in [0.5, 0.6) is 0 Å².